The molecular weight excluding hydrogens is 420 g/mol. The summed E-state index contributed by atoms with van der Waals surface area (Å²) < 4.78 is 12.5. The standard InChI is InChI=1S/C25H28N4O4/c1-15-11-17-20(13-25(9-4-5-10-25)33-22(17)12-16(15)2)28-23(30)27-19-7-6-8-21-18(19)14-26-29(21)24(31)32-3/h6-8,11-12,14,20H,4-5,9-10,13H2,1-3H3,(H2,27,28,30). The first-order valence-electron chi connectivity index (χ1n) is 11.3. The van der Waals surface area contributed by atoms with Crippen LogP contribution >= 0.6 is 0 Å². The largest absolute Gasteiger partial charge is 0.487 e. The van der Waals surface area contributed by atoms with Gasteiger partial charge in [0, 0.05) is 17.4 Å². The normalized spacial score (nSPS) is 18.6. The van der Waals surface area contributed by atoms with E-state index >= 15 is 0 Å². The van der Waals surface area contributed by atoms with Gasteiger partial charge in [0.1, 0.15) is 11.4 Å². The Morgan fingerprint density at radius 1 is 1.18 bits per heavy atom. The van der Waals surface area contributed by atoms with E-state index < -0.39 is 6.09 Å². The van der Waals surface area contributed by atoms with E-state index in [1.54, 1.807) is 24.4 Å². The topological polar surface area (TPSA) is 94.5 Å². The molecule has 3 aromatic rings. The average molecular weight is 449 g/mol. The minimum atomic E-state index is -0.585. The van der Waals surface area contributed by atoms with E-state index in [0.29, 0.717) is 16.6 Å². The molecule has 33 heavy (non-hydrogen) atoms. The van der Waals surface area contributed by atoms with Crippen LogP contribution in [0.3, 0.4) is 0 Å². The molecule has 1 unspecified atom stereocenters. The zero-order valence-electron chi connectivity index (χ0n) is 19.1. The van der Waals surface area contributed by atoms with Crippen LogP contribution in [-0.4, -0.2) is 34.6 Å². The second kappa shape index (κ2) is 8.10. The molecule has 0 bridgehead atoms. The van der Waals surface area contributed by atoms with Crippen molar-refractivity contribution in [3.8, 4) is 5.75 Å². The third-order valence-corrected chi connectivity index (χ3v) is 6.93. The minimum absolute atomic E-state index is 0.150. The Kier molecular flexibility index (Phi) is 5.23. The van der Waals surface area contributed by atoms with Crippen LogP contribution in [0.25, 0.3) is 10.9 Å². The number of ether oxygens (including phenoxy) is 2. The third kappa shape index (κ3) is 3.79. The number of aryl methyl sites for hydroxylation is 2. The van der Waals surface area contributed by atoms with Gasteiger partial charge >= 0.3 is 12.1 Å². The highest BCUT2D eigenvalue weighted by molar-refractivity contribution is 6.02. The van der Waals surface area contributed by atoms with E-state index in [1.807, 2.05) is 0 Å². The van der Waals surface area contributed by atoms with Crippen molar-refractivity contribution in [2.24, 2.45) is 0 Å². The summed E-state index contributed by atoms with van der Waals surface area (Å²) >= 11 is 0. The molecule has 2 aromatic carbocycles. The highest BCUT2D eigenvalue weighted by atomic mass is 16.5. The Hall–Kier alpha value is -3.55. The molecule has 8 nitrogen and oxygen atoms in total. The van der Waals surface area contributed by atoms with Crippen molar-refractivity contribution < 1.29 is 19.1 Å². The lowest BCUT2D eigenvalue weighted by atomic mass is 9.85. The summed E-state index contributed by atoms with van der Waals surface area (Å²) in [7, 11) is 1.30. The number of hydrogen-bond acceptors (Lipinski definition) is 5. The molecule has 0 saturated heterocycles. The van der Waals surface area contributed by atoms with Gasteiger partial charge in [-0.1, -0.05) is 12.1 Å². The van der Waals surface area contributed by atoms with E-state index in [0.717, 1.165) is 43.4 Å². The van der Waals surface area contributed by atoms with Crippen LogP contribution in [0.5, 0.6) is 5.75 Å². The maximum absolute atomic E-state index is 13.1. The summed E-state index contributed by atoms with van der Waals surface area (Å²) in [6, 6.07) is 9.07. The summed E-state index contributed by atoms with van der Waals surface area (Å²) in [6.07, 6.45) is 6.01. The van der Waals surface area contributed by atoms with E-state index in [4.69, 9.17) is 9.47 Å². The predicted octanol–water partition coefficient (Wildman–Crippen LogP) is 5.23. The predicted molar refractivity (Wildman–Crippen MR) is 125 cm³/mol. The fourth-order valence-electron chi connectivity index (χ4n) is 5.09. The lowest BCUT2D eigenvalue weighted by molar-refractivity contribution is 0.0387. The van der Waals surface area contributed by atoms with Gasteiger partial charge < -0.3 is 20.1 Å². The van der Waals surface area contributed by atoms with Crippen molar-refractivity contribution in [3.05, 3.63) is 53.2 Å². The van der Waals surface area contributed by atoms with E-state index in [1.165, 1.54) is 22.9 Å². The first kappa shape index (κ1) is 21.3. The van der Waals surface area contributed by atoms with Crippen molar-refractivity contribution in [1.29, 1.82) is 0 Å². The molecule has 172 valence electrons. The summed E-state index contributed by atoms with van der Waals surface area (Å²) in [5.74, 6) is 0.873. The first-order chi connectivity index (χ1) is 15.9. The number of amides is 2. The number of aromatic nitrogens is 2. The Morgan fingerprint density at radius 3 is 2.70 bits per heavy atom. The Morgan fingerprint density at radius 2 is 1.94 bits per heavy atom. The van der Waals surface area contributed by atoms with Gasteiger partial charge in [-0.2, -0.15) is 9.78 Å². The van der Waals surface area contributed by atoms with Gasteiger partial charge in [0.25, 0.3) is 0 Å². The Labute approximate surface area is 192 Å². The Bertz CT molecular complexity index is 1240. The lowest BCUT2D eigenvalue weighted by Gasteiger charge is -2.40. The van der Waals surface area contributed by atoms with Crippen LogP contribution in [0.2, 0.25) is 0 Å². The molecule has 2 amide bonds. The molecule has 1 spiro atoms. The van der Waals surface area contributed by atoms with Gasteiger partial charge in [-0.25, -0.2) is 9.59 Å². The minimum Gasteiger partial charge on any atom is -0.487 e. The quantitative estimate of drug-likeness (QED) is 0.560. The van der Waals surface area contributed by atoms with Crippen molar-refractivity contribution in [2.75, 3.05) is 12.4 Å². The first-order valence-corrected chi connectivity index (χ1v) is 11.3. The number of urea groups is 1. The molecule has 1 saturated carbocycles. The monoisotopic (exact) mass is 448 g/mol. The lowest BCUT2D eigenvalue weighted by Crippen LogP contribution is -2.44. The van der Waals surface area contributed by atoms with Gasteiger partial charge in [-0.3, -0.25) is 0 Å². The number of rotatable bonds is 2. The SMILES string of the molecule is COC(=O)n1ncc2c(NC(=O)NC3CC4(CCCC4)Oc4cc(C)c(C)cc43)cccc21. The van der Waals surface area contributed by atoms with E-state index in [9.17, 15) is 9.59 Å². The van der Waals surface area contributed by atoms with Crippen LogP contribution < -0.4 is 15.4 Å². The Balaban J connectivity index is 1.41. The number of benzene rings is 2. The molecule has 1 atom stereocenters. The molecule has 1 aliphatic carbocycles. The summed E-state index contributed by atoms with van der Waals surface area (Å²) in [4.78, 5) is 25.0. The highest BCUT2D eigenvalue weighted by Crippen LogP contribution is 2.47. The maximum Gasteiger partial charge on any atom is 0.434 e. The van der Waals surface area contributed by atoms with Gasteiger partial charge in [-0.15, -0.1) is 0 Å². The number of nitrogens with zero attached hydrogens (tertiary/aromatic N) is 2. The highest BCUT2D eigenvalue weighted by Gasteiger charge is 2.43. The average Bonchev–Trinajstić information content (AvgIpc) is 3.42. The molecule has 2 heterocycles. The number of anilines is 1. The molecule has 2 aliphatic rings. The summed E-state index contributed by atoms with van der Waals surface area (Å²) in [6.45, 7) is 4.16. The number of carbonyl (C=O) groups is 2. The second-order valence-electron chi connectivity index (χ2n) is 9.09. The molecule has 0 radical (unpaired) electrons. The summed E-state index contributed by atoms with van der Waals surface area (Å²) in [5, 5.41) is 10.9. The van der Waals surface area contributed by atoms with Crippen molar-refractivity contribution in [1.82, 2.24) is 15.1 Å². The number of fused-ring (bicyclic) bond motifs is 2. The van der Waals surface area contributed by atoms with Gasteiger partial charge in [0.05, 0.1) is 30.6 Å². The molecule has 1 aliphatic heterocycles. The molecular formula is C25H28N4O4. The molecule has 2 N–H and O–H groups in total. The third-order valence-electron chi connectivity index (χ3n) is 6.93. The maximum atomic E-state index is 13.1. The van der Waals surface area contributed by atoms with Gasteiger partial charge in [-0.05, 0) is 68.9 Å². The van der Waals surface area contributed by atoms with Crippen LogP contribution in [0.15, 0.2) is 36.5 Å². The summed E-state index contributed by atoms with van der Waals surface area (Å²) in [5.41, 5.74) is 4.29. The number of carbonyl (C=O) groups excluding carboxylic acids is 2. The van der Waals surface area contributed by atoms with Crippen LogP contribution in [0.1, 0.15) is 54.8 Å². The zero-order chi connectivity index (χ0) is 23.2. The van der Waals surface area contributed by atoms with Crippen molar-refractivity contribution in [3.63, 3.8) is 0 Å². The van der Waals surface area contributed by atoms with Crippen molar-refractivity contribution in [2.45, 2.75) is 57.6 Å². The smallest absolute Gasteiger partial charge is 0.434 e. The van der Waals surface area contributed by atoms with Crippen LogP contribution in [0, 0.1) is 13.8 Å². The van der Waals surface area contributed by atoms with Gasteiger partial charge in [0.2, 0.25) is 0 Å². The molecule has 1 fully saturated rings. The van der Waals surface area contributed by atoms with E-state index in [-0.39, 0.29) is 17.7 Å². The van der Waals surface area contributed by atoms with Crippen LogP contribution in [-0.2, 0) is 4.74 Å². The number of hydrogen-bond donors (Lipinski definition) is 2. The zero-order valence-corrected chi connectivity index (χ0v) is 19.1. The van der Waals surface area contributed by atoms with Gasteiger partial charge in [0.15, 0.2) is 0 Å². The molecule has 1 aromatic heterocycles. The molecule has 8 heteroatoms. The second-order valence-corrected chi connectivity index (χ2v) is 9.09. The number of methoxy groups -OCH3 is 1. The fraction of sp³-hybridized carbons (Fsp3) is 0.400. The number of nitrogens with one attached hydrogen (secondary N) is 2. The van der Waals surface area contributed by atoms with Crippen LogP contribution in [0.4, 0.5) is 15.3 Å². The fourth-order valence-corrected chi connectivity index (χ4v) is 5.09. The molecule has 5 rings (SSSR count). The van der Waals surface area contributed by atoms with E-state index in [2.05, 4.69) is 41.7 Å². The van der Waals surface area contributed by atoms with Crippen molar-refractivity contribution >= 4 is 28.7 Å².